The summed E-state index contributed by atoms with van der Waals surface area (Å²) in [5, 5.41) is 11.7. The van der Waals surface area contributed by atoms with E-state index in [1.54, 1.807) is 12.1 Å². The van der Waals surface area contributed by atoms with E-state index in [9.17, 15) is 4.79 Å². The number of aliphatic hydroxyl groups excluding tert-OH is 1. The van der Waals surface area contributed by atoms with E-state index in [2.05, 4.69) is 5.32 Å². The highest BCUT2D eigenvalue weighted by molar-refractivity contribution is 6.32. The highest BCUT2D eigenvalue weighted by Crippen LogP contribution is 2.31. The van der Waals surface area contributed by atoms with Crippen LogP contribution in [0.25, 0.3) is 0 Å². The van der Waals surface area contributed by atoms with Crippen molar-refractivity contribution >= 4 is 17.5 Å². The third kappa shape index (κ3) is 3.37. The molecule has 0 bridgehead atoms. The van der Waals surface area contributed by atoms with E-state index >= 15 is 0 Å². The molecule has 1 amide bonds. The Hall–Kier alpha value is -1.26. The summed E-state index contributed by atoms with van der Waals surface area (Å²) in [4.78, 5) is 12.0. The van der Waals surface area contributed by atoms with Crippen LogP contribution in [0.15, 0.2) is 12.1 Å². The Bertz CT molecular complexity index is 432. The van der Waals surface area contributed by atoms with Crippen molar-refractivity contribution in [3.63, 3.8) is 0 Å². The molecule has 0 spiro atoms. The summed E-state index contributed by atoms with van der Waals surface area (Å²) in [7, 11) is 1.54. The topological polar surface area (TPSA) is 58.6 Å². The van der Waals surface area contributed by atoms with E-state index in [-0.39, 0.29) is 25.0 Å². The lowest BCUT2D eigenvalue weighted by atomic mass is 9.96. The van der Waals surface area contributed by atoms with Gasteiger partial charge in [0.05, 0.1) is 18.7 Å². The predicted molar refractivity (Wildman–Crippen MR) is 71.5 cm³/mol. The minimum absolute atomic E-state index is 0.0906. The van der Waals surface area contributed by atoms with Crippen molar-refractivity contribution in [1.82, 2.24) is 5.32 Å². The Morgan fingerprint density at radius 2 is 2.17 bits per heavy atom. The number of methoxy groups -OCH3 is 1. The van der Waals surface area contributed by atoms with E-state index < -0.39 is 0 Å². The lowest BCUT2D eigenvalue weighted by Gasteiger charge is -2.15. The molecular formula is C13H18ClNO3. The first-order valence-electron chi connectivity index (χ1n) is 5.77. The summed E-state index contributed by atoms with van der Waals surface area (Å²) in [5.41, 5.74) is 1.39. The van der Waals surface area contributed by atoms with Gasteiger partial charge < -0.3 is 15.2 Å². The first kappa shape index (κ1) is 14.8. The van der Waals surface area contributed by atoms with Gasteiger partial charge in [0.1, 0.15) is 5.75 Å². The molecule has 0 radical (unpaired) electrons. The smallest absolute Gasteiger partial charge is 0.251 e. The second-order valence-electron chi connectivity index (χ2n) is 4.21. The standard InChI is InChI=1S/C13H18ClNO3/c1-8(2)9-7-12(18-3)11(14)6-10(9)13(17)15-4-5-16/h6-8,16H,4-5H2,1-3H3,(H,15,17). The van der Waals surface area contributed by atoms with Crippen LogP contribution in [0.5, 0.6) is 5.75 Å². The molecule has 0 fully saturated rings. The van der Waals surface area contributed by atoms with Gasteiger partial charge in [-0.2, -0.15) is 0 Å². The number of hydrogen-bond acceptors (Lipinski definition) is 3. The molecule has 1 aromatic rings. The van der Waals surface area contributed by atoms with Gasteiger partial charge in [-0.3, -0.25) is 4.79 Å². The first-order valence-corrected chi connectivity index (χ1v) is 6.15. The molecule has 5 heteroatoms. The van der Waals surface area contributed by atoms with Crippen molar-refractivity contribution in [2.75, 3.05) is 20.3 Å². The van der Waals surface area contributed by atoms with Crippen molar-refractivity contribution in [1.29, 1.82) is 0 Å². The number of hydrogen-bond donors (Lipinski definition) is 2. The van der Waals surface area contributed by atoms with Crippen LogP contribution >= 0.6 is 11.6 Å². The van der Waals surface area contributed by atoms with Crippen molar-refractivity contribution in [3.05, 3.63) is 28.3 Å². The fourth-order valence-corrected chi connectivity index (χ4v) is 1.91. The van der Waals surface area contributed by atoms with Gasteiger partial charge in [0.25, 0.3) is 5.91 Å². The van der Waals surface area contributed by atoms with Gasteiger partial charge in [0.15, 0.2) is 0 Å². The molecule has 0 aromatic heterocycles. The van der Waals surface area contributed by atoms with Crippen molar-refractivity contribution in [2.45, 2.75) is 19.8 Å². The van der Waals surface area contributed by atoms with Gasteiger partial charge in [-0.15, -0.1) is 0 Å². The Balaban J connectivity index is 3.16. The van der Waals surface area contributed by atoms with Crippen LogP contribution in [0.1, 0.15) is 35.7 Å². The van der Waals surface area contributed by atoms with E-state index in [4.69, 9.17) is 21.4 Å². The lowest BCUT2D eigenvalue weighted by Crippen LogP contribution is -2.27. The number of ether oxygens (including phenoxy) is 1. The Labute approximate surface area is 112 Å². The fourth-order valence-electron chi connectivity index (χ4n) is 1.66. The average molecular weight is 272 g/mol. The fraction of sp³-hybridized carbons (Fsp3) is 0.462. The van der Waals surface area contributed by atoms with Gasteiger partial charge in [-0.1, -0.05) is 25.4 Å². The maximum Gasteiger partial charge on any atom is 0.251 e. The van der Waals surface area contributed by atoms with Gasteiger partial charge in [-0.05, 0) is 23.6 Å². The highest BCUT2D eigenvalue weighted by Gasteiger charge is 2.17. The second-order valence-corrected chi connectivity index (χ2v) is 4.62. The molecule has 1 aromatic carbocycles. The monoisotopic (exact) mass is 271 g/mol. The average Bonchev–Trinajstić information content (AvgIpc) is 2.35. The quantitative estimate of drug-likeness (QED) is 0.863. The third-order valence-corrected chi connectivity index (χ3v) is 2.88. The molecule has 0 aliphatic carbocycles. The second kappa shape index (κ2) is 6.61. The largest absolute Gasteiger partial charge is 0.495 e. The number of aliphatic hydroxyl groups is 1. The Morgan fingerprint density at radius 1 is 1.50 bits per heavy atom. The molecule has 1 rings (SSSR count). The molecule has 0 unspecified atom stereocenters. The maximum absolute atomic E-state index is 12.0. The van der Waals surface area contributed by atoms with Crippen LogP contribution < -0.4 is 10.1 Å². The van der Waals surface area contributed by atoms with E-state index in [0.717, 1.165) is 5.56 Å². The molecule has 0 saturated carbocycles. The van der Waals surface area contributed by atoms with Crippen LogP contribution in [-0.2, 0) is 0 Å². The van der Waals surface area contributed by atoms with Crippen molar-refractivity contribution < 1.29 is 14.6 Å². The van der Waals surface area contributed by atoms with Crippen LogP contribution in [0.3, 0.4) is 0 Å². The minimum Gasteiger partial charge on any atom is -0.495 e. The summed E-state index contributed by atoms with van der Waals surface area (Å²) in [6, 6.07) is 3.38. The van der Waals surface area contributed by atoms with Gasteiger partial charge in [0, 0.05) is 12.1 Å². The summed E-state index contributed by atoms with van der Waals surface area (Å²) in [5.74, 6) is 0.488. The molecule has 0 heterocycles. The third-order valence-electron chi connectivity index (χ3n) is 2.59. The number of nitrogens with one attached hydrogen (secondary N) is 1. The molecule has 100 valence electrons. The predicted octanol–water partition coefficient (Wildman–Crippen LogP) is 2.19. The summed E-state index contributed by atoms with van der Waals surface area (Å²) >= 11 is 6.03. The Kier molecular flexibility index (Phi) is 5.44. The van der Waals surface area contributed by atoms with Crippen molar-refractivity contribution in [2.24, 2.45) is 0 Å². The molecule has 2 N–H and O–H groups in total. The number of halogens is 1. The van der Waals surface area contributed by atoms with Gasteiger partial charge >= 0.3 is 0 Å². The number of benzene rings is 1. The molecule has 0 aliphatic rings. The van der Waals surface area contributed by atoms with Gasteiger partial charge in [-0.25, -0.2) is 0 Å². The minimum atomic E-state index is -0.239. The van der Waals surface area contributed by atoms with Gasteiger partial charge in [0.2, 0.25) is 0 Å². The zero-order chi connectivity index (χ0) is 13.7. The summed E-state index contributed by atoms with van der Waals surface area (Å²) in [6.07, 6.45) is 0. The number of rotatable bonds is 5. The zero-order valence-electron chi connectivity index (χ0n) is 10.8. The lowest BCUT2D eigenvalue weighted by molar-refractivity contribution is 0.0943. The number of amides is 1. The molecule has 18 heavy (non-hydrogen) atoms. The molecule has 4 nitrogen and oxygen atoms in total. The molecule has 0 saturated heterocycles. The first-order chi connectivity index (χ1) is 8.51. The van der Waals surface area contributed by atoms with Crippen molar-refractivity contribution in [3.8, 4) is 5.75 Å². The Morgan fingerprint density at radius 3 is 2.67 bits per heavy atom. The van der Waals surface area contributed by atoms with Crippen LogP contribution in [0, 0.1) is 0 Å². The van der Waals surface area contributed by atoms with Crippen LogP contribution in [-0.4, -0.2) is 31.3 Å². The molecule has 0 atom stereocenters. The summed E-state index contributed by atoms with van der Waals surface area (Å²) < 4.78 is 5.15. The van der Waals surface area contributed by atoms with Crippen LogP contribution in [0.2, 0.25) is 5.02 Å². The van der Waals surface area contributed by atoms with E-state index in [1.807, 2.05) is 13.8 Å². The van der Waals surface area contributed by atoms with E-state index in [1.165, 1.54) is 7.11 Å². The maximum atomic E-state index is 12.0. The molecular weight excluding hydrogens is 254 g/mol. The van der Waals surface area contributed by atoms with E-state index in [0.29, 0.717) is 16.3 Å². The molecule has 0 aliphatic heterocycles. The number of carbonyl (C=O) groups is 1. The zero-order valence-corrected chi connectivity index (χ0v) is 11.5. The van der Waals surface area contributed by atoms with Crippen LogP contribution in [0.4, 0.5) is 0 Å². The summed E-state index contributed by atoms with van der Waals surface area (Å²) in [6.45, 7) is 4.11. The SMILES string of the molecule is COc1cc(C(C)C)c(C(=O)NCCO)cc1Cl. The normalized spacial score (nSPS) is 10.6. The highest BCUT2D eigenvalue weighted by atomic mass is 35.5. The number of carbonyl (C=O) groups excluding carboxylic acids is 1.